The molecule has 0 aliphatic carbocycles. The molecule has 0 aliphatic heterocycles. The second-order valence-corrected chi connectivity index (χ2v) is 7.52. The molecular formula is C4H9Cl2NSi. The largest absolute Gasteiger partial charge is 0.346 e. The molecule has 0 radical (unpaired) electrons. The van der Waals surface area contributed by atoms with Crippen LogP contribution in [0.4, 0.5) is 0 Å². The highest BCUT2D eigenvalue weighted by atomic mass is 35.7. The van der Waals surface area contributed by atoms with Crippen molar-refractivity contribution >= 4 is 29.0 Å². The lowest BCUT2D eigenvalue weighted by Gasteiger charge is -2.09. The minimum atomic E-state index is -2.22. The Hall–Kier alpha value is 0.497. The van der Waals surface area contributed by atoms with E-state index in [0.29, 0.717) is 0 Å². The molecular weight excluding hydrogens is 161 g/mol. The highest BCUT2D eigenvalue weighted by Gasteiger charge is 2.21. The van der Waals surface area contributed by atoms with Crippen molar-refractivity contribution in [1.82, 2.24) is 4.98 Å². The third-order valence-electron chi connectivity index (χ3n) is 0.669. The molecule has 1 nitrogen and oxygen atoms in total. The van der Waals surface area contributed by atoms with E-state index in [9.17, 15) is 0 Å². The van der Waals surface area contributed by atoms with Crippen LogP contribution in [0.1, 0.15) is 6.92 Å². The third-order valence-corrected chi connectivity index (χ3v) is 3.73. The van der Waals surface area contributed by atoms with E-state index in [4.69, 9.17) is 22.2 Å². The number of halogens is 2. The SMILES string of the molecule is C=C[Si](Cl)(Cl)NCC. The van der Waals surface area contributed by atoms with Gasteiger partial charge in [0.05, 0.1) is 0 Å². The van der Waals surface area contributed by atoms with Gasteiger partial charge in [-0.15, -0.1) is 28.7 Å². The maximum atomic E-state index is 5.70. The molecule has 0 heterocycles. The zero-order valence-corrected chi connectivity index (χ0v) is 7.26. The van der Waals surface area contributed by atoms with Gasteiger partial charge in [-0.1, -0.05) is 12.6 Å². The van der Waals surface area contributed by atoms with Crippen LogP contribution < -0.4 is 4.98 Å². The van der Waals surface area contributed by atoms with Gasteiger partial charge in [0.2, 0.25) is 0 Å². The van der Waals surface area contributed by atoms with Crippen molar-refractivity contribution in [1.29, 1.82) is 0 Å². The molecule has 0 aliphatic rings. The average Bonchev–Trinajstić information content (AvgIpc) is 1.67. The fourth-order valence-corrected chi connectivity index (χ4v) is 1.73. The molecule has 0 fully saturated rings. The molecule has 8 heavy (non-hydrogen) atoms. The Balaban J connectivity index is 3.53. The van der Waals surface area contributed by atoms with E-state index >= 15 is 0 Å². The molecule has 0 aromatic rings. The van der Waals surface area contributed by atoms with E-state index in [0.717, 1.165) is 6.54 Å². The van der Waals surface area contributed by atoms with Crippen LogP contribution in [0.25, 0.3) is 0 Å². The Morgan fingerprint density at radius 2 is 2.25 bits per heavy atom. The van der Waals surface area contributed by atoms with Crippen LogP contribution in [0.3, 0.4) is 0 Å². The first kappa shape index (κ1) is 8.50. The molecule has 0 saturated heterocycles. The van der Waals surface area contributed by atoms with Gasteiger partial charge >= 0.3 is 6.86 Å². The Kier molecular flexibility index (Phi) is 3.73. The minimum Gasteiger partial charge on any atom is -0.311 e. The van der Waals surface area contributed by atoms with Crippen molar-refractivity contribution in [3.05, 3.63) is 12.3 Å². The molecule has 0 unspecified atom stereocenters. The highest BCUT2D eigenvalue weighted by Crippen LogP contribution is 2.09. The second-order valence-electron chi connectivity index (χ2n) is 1.36. The van der Waals surface area contributed by atoms with Crippen LogP contribution in [-0.4, -0.2) is 13.4 Å². The Labute approximate surface area is 60.2 Å². The molecule has 0 rings (SSSR count). The van der Waals surface area contributed by atoms with E-state index in [1.54, 1.807) is 5.70 Å². The molecule has 4 heteroatoms. The average molecular weight is 170 g/mol. The zero-order chi connectivity index (χ0) is 6.62. The summed E-state index contributed by atoms with van der Waals surface area (Å²) >= 11 is 11.4. The lowest BCUT2D eigenvalue weighted by molar-refractivity contribution is 1.000. The Bertz CT molecular complexity index is 84.1. The lowest BCUT2D eigenvalue weighted by Crippen LogP contribution is -2.37. The van der Waals surface area contributed by atoms with Crippen LogP contribution in [-0.2, 0) is 0 Å². The van der Waals surface area contributed by atoms with E-state index in [1.807, 2.05) is 6.92 Å². The van der Waals surface area contributed by atoms with Gasteiger partial charge in [-0.25, -0.2) is 0 Å². The quantitative estimate of drug-likeness (QED) is 0.502. The first-order chi connectivity index (χ1) is 3.62. The number of hydrogen-bond donors (Lipinski definition) is 1. The van der Waals surface area contributed by atoms with Gasteiger partial charge in [0.15, 0.2) is 0 Å². The summed E-state index contributed by atoms with van der Waals surface area (Å²) < 4.78 is 0. The molecule has 0 spiro atoms. The second kappa shape index (κ2) is 3.51. The van der Waals surface area contributed by atoms with Crippen molar-refractivity contribution in [2.75, 3.05) is 6.54 Å². The fourth-order valence-electron chi connectivity index (χ4n) is 0.308. The summed E-state index contributed by atoms with van der Waals surface area (Å²) in [7, 11) is 0. The van der Waals surface area contributed by atoms with Gasteiger partial charge in [0, 0.05) is 0 Å². The van der Waals surface area contributed by atoms with Crippen molar-refractivity contribution in [2.24, 2.45) is 0 Å². The Morgan fingerprint density at radius 3 is 2.38 bits per heavy atom. The molecule has 0 aromatic heterocycles. The summed E-state index contributed by atoms with van der Waals surface area (Å²) in [6.45, 7) is 4.02. The van der Waals surface area contributed by atoms with E-state index in [2.05, 4.69) is 11.6 Å². The molecule has 0 saturated carbocycles. The van der Waals surface area contributed by atoms with Crippen molar-refractivity contribution in [3.8, 4) is 0 Å². The van der Waals surface area contributed by atoms with Crippen molar-refractivity contribution in [3.63, 3.8) is 0 Å². The van der Waals surface area contributed by atoms with Gasteiger partial charge in [0.25, 0.3) is 0 Å². The van der Waals surface area contributed by atoms with Crippen molar-refractivity contribution in [2.45, 2.75) is 6.92 Å². The first-order valence-electron chi connectivity index (χ1n) is 2.39. The minimum absolute atomic E-state index is 0.797. The summed E-state index contributed by atoms with van der Waals surface area (Å²) in [6.07, 6.45) is 0. The first-order valence-corrected chi connectivity index (χ1v) is 6.49. The predicted octanol–water partition coefficient (Wildman–Crippen LogP) is 1.74. The summed E-state index contributed by atoms with van der Waals surface area (Å²) in [5.74, 6) is 0. The smallest absolute Gasteiger partial charge is 0.311 e. The molecule has 0 amide bonds. The van der Waals surface area contributed by atoms with Gasteiger partial charge < -0.3 is 4.98 Å². The Morgan fingerprint density at radius 1 is 1.75 bits per heavy atom. The maximum Gasteiger partial charge on any atom is 0.346 e. The number of nitrogens with one attached hydrogen (secondary N) is 1. The van der Waals surface area contributed by atoms with E-state index < -0.39 is 6.86 Å². The molecule has 0 aromatic carbocycles. The summed E-state index contributed by atoms with van der Waals surface area (Å²) in [6, 6.07) is 0. The van der Waals surface area contributed by atoms with Crippen molar-refractivity contribution < 1.29 is 0 Å². The maximum absolute atomic E-state index is 5.70. The van der Waals surface area contributed by atoms with Crippen LogP contribution in [0, 0.1) is 0 Å². The van der Waals surface area contributed by atoms with Gasteiger partial charge in [-0.05, 0) is 6.54 Å². The van der Waals surface area contributed by atoms with Gasteiger partial charge in [0.1, 0.15) is 0 Å². The van der Waals surface area contributed by atoms with Crippen LogP contribution in [0.2, 0.25) is 0 Å². The molecule has 48 valence electrons. The molecule has 0 atom stereocenters. The summed E-state index contributed by atoms with van der Waals surface area (Å²) in [5.41, 5.74) is 1.58. The van der Waals surface area contributed by atoms with E-state index in [1.165, 1.54) is 0 Å². The van der Waals surface area contributed by atoms with E-state index in [-0.39, 0.29) is 0 Å². The number of hydrogen-bond acceptors (Lipinski definition) is 1. The summed E-state index contributed by atoms with van der Waals surface area (Å²) in [4.78, 5) is 2.92. The van der Waals surface area contributed by atoms with Gasteiger partial charge in [-0.3, -0.25) is 0 Å². The third kappa shape index (κ3) is 3.49. The summed E-state index contributed by atoms with van der Waals surface area (Å²) in [5, 5.41) is 0. The number of rotatable bonds is 3. The normalized spacial score (nSPS) is 11.4. The van der Waals surface area contributed by atoms with Crippen LogP contribution in [0.15, 0.2) is 12.3 Å². The monoisotopic (exact) mass is 169 g/mol. The lowest BCUT2D eigenvalue weighted by atomic mass is 10.8. The fraction of sp³-hybridized carbons (Fsp3) is 0.500. The molecule has 1 N–H and O–H groups in total. The molecule has 0 bridgehead atoms. The van der Waals surface area contributed by atoms with Crippen LogP contribution >= 0.6 is 22.2 Å². The zero-order valence-electron chi connectivity index (χ0n) is 4.75. The topological polar surface area (TPSA) is 12.0 Å². The predicted molar refractivity (Wildman–Crippen MR) is 41.3 cm³/mol. The standard InChI is InChI=1S/C4H9Cl2NSi/c1-3-7-8(5,6)4-2/h4,7H,2-3H2,1H3. The van der Waals surface area contributed by atoms with Crippen LogP contribution in [0.5, 0.6) is 0 Å². The van der Waals surface area contributed by atoms with Gasteiger partial charge in [-0.2, -0.15) is 0 Å². The highest BCUT2D eigenvalue weighted by molar-refractivity contribution is 7.46.